The molecule has 0 saturated heterocycles. The normalized spacial score (nSPS) is 10.9. The van der Waals surface area contributed by atoms with Gasteiger partial charge >= 0.3 is 0 Å². The number of halogens is 1. The summed E-state index contributed by atoms with van der Waals surface area (Å²) in [4.78, 5) is 1.90. The van der Waals surface area contributed by atoms with Crippen molar-refractivity contribution in [3.8, 4) is 23.7 Å². The Bertz CT molecular complexity index is 428. The van der Waals surface area contributed by atoms with Gasteiger partial charge in [0.2, 0.25) is 0 Å². The van der Waals surface area contributed by atoms with Crippen molar-refractivity contribution >= 4 is 22.9 Å². The number of hydrogen-bond donors (Lipinski definition) is 1. The highest BCUT2D eigenvalue weighted by atomic mass is 35.5. The summed E-state index contributed by atoms with van der Waals surface area (Å²) >= 11 is 6.94. The van der Waals surface area contributed by atoms with Crippen molar-refractivity contribution < 1.29 is 5.11 Å². The van der Waals surface area contributed by atoms with Gasteiger partial charge in [0.15, 0.2) is 0 Å². The van der Waals surface area contributed by atoms with Crippen LogP contribution in [0, 0.1) is 23.7 Å². The highest BCUT2D eigenvalue weighted by molar-refractivity contribution is 7.13. The van der Waals surface area contributed by atoms with Crippen LogP contribution in [0.25, 0.3) is 0 Å². The van der Waals surface area contributed by atoms with Crippen LogP contribution in [-0.4, -0.2) is 17.1 Å². The third-order valence-electron chi connectivity index (χ3n) is 1.50. The second-order valence-corrected chi connectivity index (χ2v) is 4.15. The first-order chi connectivity index (χ1) is 7.26. The first-order valence-electron chi connectivity index (χ1n) is 4.60. The van der Waals surface area contributed by atoms with Gasteiger partial charge < -0.3 is 5.11 Å². The van der Waals surface area contributed by atoms with E-state index < -0.39 is 6.10 Å². The fourth-order valence-electron chi connectivity index (χ4n) is 0.841. The lowest BCUT2D eigenvalue weighted by molar-refractivity contribution is 0.256. The first kappa shape index (κ1) is 12.1. The Morgan fingerprint density at radius 1 is 1.40 bits per heavy atom. The fourth-order valence-corrected chi connectivity index (χ4v) is 1.66. The number of alkyl halides is 1. The van der Waals surface area contributed by atoms with E-state index in [0.717, 1.165) is 16.2 Å². The zero-order chi connectivity index (χ0) is 11.1. The van der Waals surface area contributed by atoms with E-state index in [2.05, 4.69) is 23.7 Å². The minimum atomic E-state index is -0.751. The predicted octanol–water partition coefficient (Wildman–Crippen LogP) is 2.46. The predicted molar refractivity (Wildman–Crippen MR) is 65.1 cm³/mol. The lowest BCUT2D eigenvalue weighted by atomic mass is 10.3. The Hall–Kier alpha value is -0.930. The molecule has 0 saturated carbocycles. The summed E-state index contributed by atoms with van der Waals surface area (Å²) in [6, 6.07) is 3.84. The molecule has 1 aromatic heterocycles. The van der Waals surface area contributed by atoms with Gasteiger partial charge in [-0.1, -0.05) is 30.6 Å². The minimum Gasteiger partial charge on any atom is -0.379 e. The number of thiophene rings is 1. The summed E-state index contributed by atoms with van der Waals surface area (Å²) in [5.41, 5.74) is 0. The second-order valence-electron chi connectivity index (χ2n) is 2.76. The molecule has 1 N–H and O–H groups in total. The van der Waals surface area contributed by atoms with Crippen LogP contribution in [0.4, 0.5) is 0 Å². The summed E-state index contributed by atoms with van der Waals surface area (Å²) in [6.07, 6.45) is 0.100. The van der Waals surface area contributed by atoms with Crippen LogP contribution < -0.4 is 0 Å². The van der Waals surface area contributed by atoms with Crippen LogP contribution in [0.5, 0.6) is 0 Å². The van der Waals surface area contributed by atoms with Crippen LogP contribution >= 0.6 is 22.9 Å². The van der Waals surface area contributed by atoms with E-state index in [4.69, 9.17) is 16.7 Å². The molecule has 0 amide bonds. The number of hydrogen-bond acceptors (Lipinski definition) is 2. The average Bonchev–Trinajstić information content (AvgIpc) is 2.71. The molecule has 1 heterocycles. The third kappa shape index (κ3) is 4.40. The topological polar surface area (TPSA) is 20.2 Å². The zero-order valence-corrected chi connectivity index (χ0v) is 9.95. The van der Waals surface area contributed by atoms with Gasteiger partial charge in [-0.3, -0.25) is 0 Å². The molecule has 0 aliphatic heterocycles. The molecule has 0 spiro atoms. The lowest BCUT2D eigenvalue weighted by Crippen LogP contribution is -2.03. The van der Waals surface area contributed by atoms with Crippen LogP contribution in [0.2, 0.25) is 0 Å². The summed E-state index contributed by atoms with van der Waals surface area (Å²) in [6.45, 7) is 2.01. The molecule has 1 rings (SSSR count). The molecular formula is C12H11ClOS. The van der Waals surface area contributed by atoms with E-state index in [9.17, 15) is 0 Å². The number of aliphatic hydroxyl groups excluding tert-OH is 1. The molecule has 0 aliphatic rings. The SMILES string of the molecule is CCC#Cc1ccc(C#CC(O)CCl)s1. The van der Waals surface area contributed by atoms with Gasteiger partial charge in [-0.2, -0.15) is 0 Å². The summed E-state index contributed by atoms with van der Waals surface area (Å²) < 4.78 is 0. The van der Waals surface area contributed by atoms with Gasteiger partial charge in [0.05, 0.1) is 15.6 Å². The van der Waals surface area contributed by atoms with Crippen molar-refractivity contribution in [2.45, 2.75) is 19.4 Å². The van der Waals surface area contributed by atoms with E-state index in [1.54, 1.807) is 0 Å². The van der Waals surface area contributed by atoms with E-state index in [1.165, 1.54) is 11.3 Å². The Kier molecular flexibility index (Phi) is 5.29. The minimum absolute atomic E-state index is 0.140. The summed E-state index contributed by atoms with van der Waals surface area (Å²) in [5.74, 6) is 11.7. The van der Waals surface area contributed by atoms with Crippen molar-refractivity contribution in [1.29, 1.82) is 0 Å². The van der Waals surface area contributed by atoms with Crippen molar-refractivity contribution in [1.82, 2.24) is 0 Å². The number of rotatable bonds is 1. The molecule has 78 valence electrons. The van der Waals surface area contributed by atoms with Crippen LogP contribution in [-0.2, 0) is 0 Å². The van der Waals surface area contributed by atoms with Crippen molar-refractivity contribution in [3.05, 3.63) is 21.9 Å². The average molecular weight is 239 g/mol. The lowest BCUT2D eigenvalue weighted by Gasteiger charge is -1.91. The third-order valence-corrected chi connectivity index (χ3v) is 2.71. The Balaban J connectivity index is 2.71. The molecule has 0 aromatic carbocycles. The quantitative estimate of drug-likeness (QED) is 0.589. The molecule has 1 nitrogen and oxygen atoms in total. The molecule has 1 aromatic rings. The Morgan fingerprint density at radius 3 is 2.67 bits per heavy atom. The van der Waals surface area contributed by atoms with Crippen LogP contribution in [0.15, 0.2) is 12.1 Å². The van der Waals surface area contributed by atoms with Gasteiger partial charge in [0.1, 0.15) is 6.10 Å². The molecule has 1 unspecified atom stereocenters. The molecule has 3 heteroatoms. The monoisotopic (exact) mass is 238 g/mol. The van der Waals surface area contributed by atoms with Crippen LogP contribution in [0.1, 0.15) is 23.1 Å². The van der Waals surface area contributed by atoms with Crippen LogP contribution in [0.3, 0.4) is 0 Å². The maximum Gasteiger partial charge on any atom is 0.128 e. The maximum atomic E-state index is 9.14. The highest BCUT2D eigenvalue weighted by Crippen LogP contribution is 2.13. The highest BCUT2D eigenvalue weighted by Gasteiger charge is 1.96. The van der Waals surface area contributed by atoms with E-state index >= 15 is 0 Å². The van der Waals surface area contributed by atoms with Gasteiger partial charge in [-0.25, -0.2) is 0 Å². The van der Waals surface area contributed by atoms with Gasteiger partial charge in [-0.15, -0.1) is 22.9 Å². The largest absolute Gasteiger partial charge is 0.379 e. The van der Waals surface area contributed by atoms with Crippen molar-refractivity contribution in [2.24, 2.45) is 0 Å². The van der Waals surface area contributed by atoms with E-state index in [0.29, 0.717) is 0 Å². The molecule has 15 heavy (non-hydrogen) atoms. The summed E-state index contributed by atoms with van der Waals surface area (Å²) in [5, 5.41) is 9.14. The fraction of sp³-hybridized carbons (Fsp3) is 0.333. The smallest absolute Gasteiger partial charge is 0.128 e. The van der Waals surface area contributed by atoms with Gasteiger partial charge in [-0.05, 0) is 12.1 Å². The Labute approximate surface area is 99.1 Å². The van der Waals surface area contributed by atoms with Gasteiger partial charge in [0.25, 0.3) is 0 Å². The standard InChI is InChI=1S/C12H11ClOS/c1-2-3-4-11-7-8-12(15-11)6-5-10(14)9-13/h7-8,10,14H,2,9H2,1H3. The van der Waals surface area contributed by atoms with Crippen molar-refractivity contribution in [2.75, 3.05) is 5.88 Å². The maximum absolute atomic E-state index is 9.14. The zero-order valence-electron chi connectivity index (χ0n) is 8.38. The molecule has 0 bridgehead atoms. The molecular weight excluding hydrogens is 228 g/mol. The van der Waals surface area contributed by atoms with Crippen molar-refractivity contribution in [3.63, 3.8) is 0 Å². The van der Waals surface area contributed by atoms with Gasteiger partial charge in [0, 0.05) is 6.42 Å². The first-order valence-corrected chi connectivity index (χ1v) is 5.95. The Morgan fingerprint density at radius 2 is 2.07 bits per heavy atom. The molecule has 0 fully saturated rings. The number of aliphatic hydroxyl groups is 1. The molecule has 0 aliphatic carbocycles. The summed E-state index contributed by atoms with van der Waals surface area (Å²) in [7, 11) is 0. The van der Waals surface area contributed by atoms with E-state index in [-0.39, 0.29) is 5.88 Å². The molecule has 0 radical (unpaired) electrons. The molecule has 1 atom stereocenters. The second kappa shape index (κ2) is 6.53. The van der Waals surface area contributed by atoms with E-state index in [1.807, 2.05) is 19.1 Å².